The number of nitrogens with zero attached hydrogens (tertiary/aromatic N) is 3. The molecule has 33 heavy (non-hydrogen) atoms. The molecule has 5 rings (SSSR count). The first-order valence-corrected chi connectivity index (χ1v) is 11.3. The molecule has 1 N–H and O–H groups in total. The Bertz CT molecular complexity index is 1270. The zero-order valence-corrected chi connectivity index (χ0v) is 18.4. The van der Waals surface area contributed by atoms with Crippen molar-refractivity contribution in [1.82, 2.24) is 19.7 Å². The summed E-state index contributed by atoms with van der Waals surface area (Å²) in [6.45, 7) is 2.87. The fraction of sp³-hybridized carbons (Fsp3) is 0.360. The highest BCUT2D eigenvalue weighted by Crippen LogP contribution is 2.33. The molecule has 0 radical (unpaired) electrons. The zero-order valence-electron chi connectivity index (χ0n) is 18.4. The van der Waals surface area contributed by atoms with Crippen molar-refractivity contribution < 1.29 is 14.0 Å². The van der Waals surface area contributed by atoms with Gasteiger partial charge < -0.3 is 4.90 Å². The Morgan fingerprint density at radius 3 is 2.48 bits per heavy atom. The van der Waals surface area contributed by atoms with Crippen LogP contribution >= 0.6 is 0 Å². The second kappa shape index (κ2) is 8.42. The smallest absolute Gasteiger partial charge is 0.342 e. The number of benzene rings is 2. The van der Waals surface area contributed by atoms with Gasteiger partial charge in [0.25, 0.3) is 0 Å². The molecule has 1 saturated carbocycles. The number of aromatic amines is 1. The maximum absolute atomic E-state index is 15.1. The third-order valence-electron chi connectivity index (χ3n) is 6.55. The quantitative estimate of drug-likeness (QED) is 0.586. The van der Waals surface area contributed by atoms with Gasteiger partial charge in [0.05, 0.1) is 5.69 Å². The highest BCUT2D eigenvalue weighted by Gasteiger charge is 2.37. The molecule has 2 heterocycles. The number of carbonyl (C=O) groups excluding carboxylic acids is 2. The Labute approximate surface area is 190 Å². The summed E-state index contributed by atoms with van der Waals surface area (Å²) in [5.74, 6) is 0.502. The van der Waals surface area contributed by atoms with Crippen LogP contribution in [0.3, 0.4) is 0 Å². The lowest BCUT2D eigenvalue weighted by atomic mass is 10.0. The van der Waals surface area contributed by atoms with E-state index in [9.17, 15) is 14.4 Å². The third-order valence-corrected chi connectivity index (χ3v) is 6.55. The third kappa shape index (κ3) is 4.25. The monoisotopic (exact) mass is 448 g/mol. The Balaban J connectivity index is 1.36. The molecule has 1 aliphatic carbocycles. The molecule has 1 aliphatic heterocycles. The highest BCUT2D eigenvalue weighted by atomic mass is 19.1. The minimum absolute atomic E-state index is 0.0303. The van der Waals surface area contributed by atoms with E-state index in [0.717, 1.165) is 31.4 Å². The molecule has 1 amide bonds. The van der Waals surface area contributed by atoms with Gasteiger partial charge in [-0.2, -0.15) is 5.10 Å². The van der Waals surface area contributed by atoms with Gasteiger partial charge in [-0.15, -0.1) is 0 Å². The van der Waals surface area contributed by atoms with Crippen molar-refractivity contribution in [2.45, 2.75) is 32.6 Å². The average Bonchev–Trinajstić information content (AvgIpc) is 3.46. The molecule has 2 aromatic carbocycles. The van der Waals surface area contributed by atoms with E-state index >= 15 is 4.39 Å². The second-order valence-corrected chi connectivity index (χ2v) is 9.00. The molecule has 0 bridgehead atoms. The Morgan fingerprint density at radius 2 is 1.82 bits per heavy atom. The number of H-pyrrole nitrogens is 1. The van der Waals surface area contributed by atoms with Crippen LogP contribution in [0.2, 0.25) is 0 Å². The van der Waals surface area contributed by atoms with E-state index in [1.807, 2.05) is 4.90 Å². The number of hydrogen-bond donors (Lipinski definition) is 1. The summed E-state index contributed by atoms with van der Waals surface area (Å²) in [6, 6.07) is 11.7. The Hall–Kier alpha value is -3.55. The van der Waals surface area contributed by atoms with Crippen LogP contribution in [0.25, 0.3) is 16.8 Å². The van der Waals surface area contributed by atoms with Crippen LogP contribution in [0.5, 0.6) is 0 Å². The topological polar surface area (TPSA) is 88.1 Å². The number of amides is 1. The van der Waals surface area contributed by atoms with Crippen molar-refractivity contribution in [2.24, 2.45) is 11.8 Å². The van der Waals surface area contributed by atoms with Gasteiger partial charge in [-0.1, -0.05) is 30.3 Å². The second-order valence-electron chi connectivity index (χ2n) is 9.00. The minimum atomic E-state index is -0.537. The van der Waals surface area contributed by atoms with Crippen molar-refractivity contribution in [2.75, 3.05) is 13.1 Å². The van der Waals surface area contributed by atoms with E-state index in [-0.39, 0.29) is 29.2 Å². The van der Waals surface area contributed by atoms with Gasteiger partial charge in [0.15, 0.2) is 5.78 Å². The number of aromatic nitrogens is 3. The van der Waals surface area contributed by atoms with E-state index in [2.05, 4.69) is 10.2 Å². The van der Waals surface area contributed by atoms with E-state index in [1.54, 1.807) is 36.4 Å². The van der Waals surface area contributed by atoms with E-state index in [1.165, 1.54) is 17.6 Å². The summed E-state index contributed by atoms with van der Waals surface area (Å²) in [6.07, 6.45) is 3.29. The molecular formula is C25H25FN4O3. The molecule has 0 spiro atoms. The highest BCUT2D eigenvalue weighted by molar-refractivity contribution is 5.94. The van der Waals surface area contributed by atoms with Crippen LogP contribution in [0, 0.1) is 17.7 Å². The first-order valence-electron chi connectivity index (χ1n) is 11.3. The summed E-state index contributed by atoms with van der Waals surface area (Å²) in [5, 5.41) is 6.58. The molecule has 2 aliphatic rings. The average molecular weight is 448 g/mol. The summed E-state index contributed by atoms with van der Waals surface area (Å²) in [5.41, 5.74) is 1.66. The zero-order chi connectivity index (χ0) is 23.1. The molecule has 2 fully saturated rings. The van der Waals surface area contributed by atoms with E-state index in [0.29, 0.717) is 29.9 Å². The van der Waals surface area contributed by atoms with Crippen molar-refractivity contribution in [1.29, 1.82) is 0 Å². The fourth-order valence-electron chi connectivity index (χ4n) is 4.53. The van der Waals surface area contributed by atoms with Crippen LogP contribution in [-0.2, 0) is 11.2 Å². The Kier molecular flexibility index (Phi) is 5.44. The van der Waals surface area contributed by atoms with E-state index < -0.39 is 11.5 Å². The van der Waals surface area contributed by atoms with Gasteiger partial charge in [0.2, 0.25) is 5.91 Å². The van der Waals surface area contributed by atoms with E-state index in [4.69, 9.17) is 0 Å². The molecule has 1 atom stereocenters. The summed E-state index contributed by atoms with van der Waals surface area (Å²) in [4.78, 5) is 38.2. The lowest BCUT2D eigenvalue weighted by Crippen LogP contribution is -2.30. The number of ketones is 1. The number of halogens is 1. The number of Topliss-reactive ketones (excluding diaryl/α,β-unsaturated/α-hetero) is 1. The van der Waals surface area contributed by atoms with Crippen LogP contribution in [-0.4, -0.2) is 44.4 Å². The van der Waals surface area contributed by atoms with Crippen LogP contribution in [0.4, 0.5) is 4.39 Å². The number of rotatable bonds is 6. The molecule has 1 saturated heterocycles. The van der Waals surface area contributed by atoms with Crippen molar-refractivity contribution in [3.63, 3.8) is 0 Å². The first-order chi connectivity index (χ1) is 15.9. The van der Waals surface area contributed by atoms with Crippen molar-refractivity contribution >= 4 is 11.7 Å². The van der Waals surface area contributed by atoms with Gasteiger partial charge in [-0.3, -0.25) is 9.59 Å². The maximum atomic E-state index is 15.1. The normalized spacial score (nSPS) is 18.0. The molecular weight excluding hydrogens is 423 g/mol. The maximum Gasteiger partial charge on any atom is 0.348 e. The molecule has 7 nitrogen and oxygen atoms in total. The summed E-state index contributed by atoms with van der Waals surface area (Å²) in [7, 11) is 0. The molecule has 8 heteroatoms. The van der Waals surface area contributed by atoms with Gasteiger partial charge in [-0.25, -0.2) is 18.9 Å². The molecule has 0 unspecified atom stereocenters. The van der Waals surface area contributed by atoms with Crippen molar-refractivity contribution in [3.05, 3.63) is 70.2 Å². The Morgan fingerprint density at radius 1 is 1.09 bits per heavy atom. The van der Waals surface area contributed by atoms with Crippen LogP contribution in [0.1, 0.15) is 42.4 Å². The van der Waals surface area contributed by atoms with Gasteiger partial charge in [0.1, 0.15) is 11.6 Å². The SMILES string of the molecule is CC(=O)c1ccc(-c2ccc(-n3c(C[C@@H]4CCN(C(=O)C5CC5)C4)n[nH]c3=O)c(F)c2)cc1. The summed E-state index contributed by atoms with van der Waals surface area (Å²) >= 11 is 0. The number of nitrogens with one attached hydrogen (secondary N) is 1. The predicted molar refractivity (Wildman–Crippen MR) is 121 cm³/mol. The van der Waals surface area contributed by atoms with Crippen molar-refractivity contribution in [3.8, 4) is 16.8 Å². The number of hydrogen-bond acceptors (Lipinski definition) is 4. The largest absolute Gasteiger partial charge is 0.348 e. The van der Waals surface area contributed by atoms with Crippen LogP contribution in [0.15, 0.2) is 47.3 Å². The number of likely N-dealkylation sites (tertiary alicyclic amines) is 1. The minimum Gasteiger partial charge on any atom is -0.342 e. The lowest BCUT2D eigenvalue weighted by Gasteiger charge is -2.16. The van der Waals surface area contributed by atoms with Gasteiger partial charge in [0, 0.05) is 31.0 Å². The fourth-order valence-corrected chi connectivity index (χ4v) is 4.53. The number of carbonyl (C=O) groups is 2. The first kappa shape index (κ1) is 21.3. The predicted octanol–water partition coefficient (Wildman–Crippen LogP) is 3.37. The lowest BCUT2D eigenvalue weighted by molar-refractivity contribution is -0.131. The van der Waals surface area contributed by atoms with Crippen LogP contribution < -0.4 is 5.69 Å². The molecule has 170 valence electrons. The summed E-state index contributed by atoms with van der Waals surface area (Å²) < 4.78 is 16.4. The van der Waals surface area contributed by atoms with Gasteiger partial charge >= 0.3 is 5.69 Å². The molecule has 3 aromatic rings. The standard InChI is InChI=1S/C25H25FN4O3/c1-15(31)17-2-4-18(5-3-17)20-8-9-22(21(26)13-20)30-23(27-28-25(30)33)12-16-10-11-29(14-16)24(32)19-6-7-19/h2-5,8-9,13,16,19H,6-7,10-12,14H2,1H3,(H,28,33)/t16-/m0/s1. The van der Waals surface area contributed by atoms with Gasteiger partial charge in [-0.05, 0) is 55.4 Å². The molecule has 1 aromatic heterocycles.